The normalized spacial score (nSPS) is 22.5. The molecule has 1 aliphatic rings. The van der Waals surface area contributed by atoms with Gasteiger partial charge in [0.15, 0.2) is 0 Å². The van der Waals surface area contributed by atoms with Crippen LogP contribution in [0.4, 0.5) is 0 Å². The van der Waals surface area contributed by atoms with E-state index in [0.717, 1.165) is 5.70 Å². The topological polar surface area (TPSA) is 15.3 Å². The summed E-state index contributed by atoms with van der Waals surface area (Å²) in [6.45, 7) is 10.5. The predicted molar refractivity (Wildman–Crippen MR) is 61.9 cm³/mol. The fraction of sp³-hybridized carbons (Fsp3) is 0.500. The lowest BCUT2D eigenvalue weighted by Gasteiger charge is -2.32. The molecule has 2 nitrogen and oxygen atoms in total. The average molecular weight is 192 g/mol. The maximum Gasteiger partial charge on any atom is 0.0592 e. The second kappa shape index (κ2) is 3.52. The molecule has 0 bridgehead atoms. The lowest BCUT2D eigenvalue weighted by Crippen LogP contribution is -2.35. The van der Waals surface area contributed by atoms with Crippen LogP contribution in [0.2, 0.25) is 0 Å². The second-order valence-corrected chi connectivity index (χ2v) is 4.25. The van der Waals surface area contributed by atoms with Gasteiger partial charge >= 0.3 is 0 Å². The fourth-order valence-corrected chi connectivity index (χ4v) is 1.70. The highest BCUT2D eigenvalue weighted by atomic mass is 15.2. The first-order valence-corrected chi connectivity index (χ1v) is 4.90. The molecule has 0 spiro atoms. The third-order valence-electron chi connectivity index (χ3n) is 3.16. The number of hydrogen-bond acceptors (Lipinski definition) is 2. The van der Waals surface area contributed by atoms with Crippen molar-refractivity contribution in [3.8, 4) is 0 Å². The molecule has 78 valence electrons. The summed E-state index contributed by atoms with van der Waals surface area (Å²) >= 11 is 0. The Balaban J connectivity index is 3.11. The Labute approximate surface area is 87.0 Å². The van der Waals surface area contributed by atoms with Gasteiger partial charge in [0.25, 0.3) is 0 Å². The van der Waals surface area contributed by atoms with Crippen molar-refractivity contribution in [3.63, 3.8) is 0 Å². The maximum atomic E-state index is 3.99. The number of nitrogens with one attached hydrogen (secondary N) is 1. The Kier molecular flexibility index (Phi) is 2.74. The molecule has 0 saturated carbocycles. The van der Waals surface area contributed by atoms with E-state index in [-0.39, 0.29) is 5.54 Å². The Morgan fingerprint density at radius 1 is 1.50 bits per heavy atom. The monoisotopic (exact) mass is 192 g/mol. The molecular weight excluding hydrogens is 172 g/mol. The van der Waals surface area contributed by atoms with Crippen LogP contribution in [0.1, 0.15) is 20.8 Å². The van der Waals surface area contributed by atoms with Crippen LogP contribution in [0.25, 0.3) is 0 Å². The van der Waals surface area contributed by atoms with E-state index >= 15 is 0 Å². The van der Waals surface area contributed by atoms with E-state index in [1.54, 1.807) is 0 Å². The lowest BCUT2D eigenvalue weighted by atomic mass is 9.91. The zero-order valence-corrected chi connectivity index (χ0v) is 9.81. The van der Waals surface area contributed by atoms with E-state index in [2.05, 4.69) is 56.9 Å². The molecule has 0 aliphatic carbocycles. The van der Waals surface area contributed by atoms with Gasteiger partial charge in [0.1, 0.15) is 0 Å². The van der Waals surface area contributed by atoms with Crippen LogP contribution in [0.15, 0.2) is 35.7 Å². The lowest BCUT2D eigenvalue weighted by molar-refractivity contribution is 0.292. The van der Waals surface area contributed by atoms with Crippen LogP contribution in [0, 0.1) is 0 Å². The van der Waals surface area contributed by atoms with Gasteiger partial charge < -0.3 is 10.2 Å². The first kappa shape index (κ1) is 10.9. The number of likely N-dealkylation sites (N-methyl/N-ethyl adjacent to an activating group) is 2. The van der Waals surface area contributed by atoms with E-state index in [4.69, 9.17) is 0 Å². The van der Waals surface area contributed by atoms with Crippen molar-refractivity contribution in [2.24, 2.45) is 0 Å². The number of hydrogen-bond donors (Lipinski definition) is 1. The molecule has 2 heteroatoms. The average Bonchev–Trinajstić information content (AvgIpc) is 2.40. The summed E-state index contributed by atoms with van der Waals surface area (Å²) in [6, 6.07) is 0. The number of rotatable bonds is 2. The molecule has 1 N–H and O–H groups in total. The van der Waals surface area contributed by atoms with Crippen LogP contribution in [-0.4, -0.2) is 24.5 Å². The van der Waals surface area contributed by atoms with E-state index in [9.17, 15) is 0 Å². The third kappa shape index (κ3) is 1.57. The van der Waals surface area contributed by atoms with Gasteiger partial charge in [-0.15, -0.1) is 0 Å². The Morgan fingerprint density at radius 2 is 2.07 bits per heavy atom. The van der Waals surface area contributed by atoms with Crippen molar-refractivity contribution in [3.05, 3.63) is 35.7 Å². The maximum absolute atomic E-state index is 3.99. The molecule has 0 aromatic carbocycles. The molecule has 1 heterocycles. The SMILES string of the molecule is C=C(NC)/C(C)=C1/C=CN(C)C1(C)C. The van der Waals surface area contributed by atoms with Crippen molar-refractivity contribution in [2.45, 2.75) is 26.3 Å². The summed E-state index contributed by atoms with van der Waals surface area (Å²) < 4.78 is 0. The Bertz CT molecular complexity index is 308. The number of nitrogens with zero attached hydrogens (tertiary/aromatic N) is 1. The van der Waals surface area contributed by atoms with Gasteiger partial charge in [-0.2, -0.15) is 0 Å². The van der Waals surface area contributed by atoms with E-state index < -0.39 is 0 Å². The molecule has 0 amide bonds. The van der Waals surface area contributed by atoms with Gasteiger partial charge in [-0.05, 0) is 44.2 Å². The highest BCUT2D eigenvalue weighted by molar-refractivity contribution is 5.45. The van der Waals surface area contributed by atoms with Gasteiger partial charge in [0.05, 0.1) is 5.54 Å². The summed E-state index contributed by atoms with van der Waals surface area (Å²) in [5.74, 6) is 0. The van der Waals surface area contributed by atoms with Crippen LogP contribution in [-0.2, 0) is 0 Å². The summed E-state index contributed by atoms with van der Waals surface area (Å²) in [4.78, 5) is 2.22. The van der Waals surface area contributed by atoms with Crippen molar-refractivity contribution < 1.29 is 0 Å². The largest absolute Gasteiger partial charge is 0.388 e. The van der Waals surface area contributed by atoms with Crippen LogP contribution < -0.4 is 5.32 Å². The zero-order valence-electron chi connectivity index (χ0n) is 9.81. The summed E-state index contributed by atoms with van der Waals surface area (Å²) in [5, 5.41) is 3.09. The summed E-state index contributed by atoms with van der Waals surface area (Å²) in [6.07, 6.45) is 4.28. The van der Waals surface area contributed by atoms with E-state index in [0.29, 0.717) is 0 Å². The highest BCUT2D eigenvalue weighted by Crippen LogP contribution is 2.33. The van der Waals surface area contributed by atoms with Crippen molar-refractivity contribution in [1.29, 1.82) is 0 Å². The molecule has 0 radical (unpaired) electrons. The van der Waals surface area contributed by atoms with Gasteiger partial charge in [-0.1, -0.05) is 6.58 Å². The molecule has 0 atom stereocenters. The summed E-state index contributed by atoms with van der Waals surface area (Å²) in [7, 11) is 4.00. The molecule has 14 heavy (non-hydrogen) atoms. The Hall–Kier alpha value is -1.18. The zero-order chi connectivity index (χ0) is 10.9. The molecule has 0 aromatic rings. The van der Waals surface area contributed by atoms with E-state index in [1.807, 2.05) is 7.05 Å². The molecule has 1 aliphatic heterocycles. The summed E-state index contributed by atoms with van der Waals surface area (Å²) in [5.41, 5.74) is 3.63. The predicted octanol–water partition coefficient (Wildman–Crippen LogP) is 2.27. The quantitative estimate of drug-likeness (QED) is 0.722. The molecule has 0 aromatic heterocycles. The molecule has 0 saturated heterocycles. The molecule has 0 fully saturated rings. The van der Waals surface area contributed by atoms with Gasteiger partial charge in [-0.25, -0.2) is 0 Å². The minimum atomic E-state index is 0.0733. The molecule has 1 rings (SSSR count). The minimum Gasteiger partial charge on any atom is -0.388 e. The van der Waals surface area contributed by atoms with Crippen molar-refractivity contribution in [1.82, 2.24) is 10.2 Å². The fourth-order valence-electron chi connectivity index (χ4n) is 1.70. The second-order valence-electron chi connectivity index (χ2n) is 4.25. The first-order valence-electron chi connectivity index (χ1n) is 4.90. The first-order chi connectivity index (χ1) is 6.41. The Morgan fingerprint density at radius 3 is 2.43 bits per heavy atom. The minimum absolute atomic E-state index is 0.0733. The highest BCUT2D eigenvalue weighted by Gasteiger charge is 2.31. The standard InChI is InChI=1S/C12H20N2/c1-9(10(2)13-5)11-7-8-14(6)12(11,3)4/h7-8,13H,2H2,1,3-6H3/b11-9-. The van der Waals surface area contributed by atoms with Crippen molar-refractivity contribution in [2.75, 3.05) is 14.1 Å². The molecular formula is C12H20N2. The van der Waals surface area contributed by atoms with Gasteiger partial charge in [0.2, 0.25) is 0 Å². The van der Waals surface area contributed by atoms with Crippen LogP contribution >= 0.6 is 0 Å². The van der Waals surface area contributed by atoms with Crippen LogP contribution in [0.5, 0.6) is 0 Å². The molecule has 0 unspecified atom stereocenters. The van der Waals surface area contributed by atoms with Crippen molar-refractivity contribution >= 4 is 0 Å². The van der Waals surface area contributed by atoms with Crippen LogP contribution in [0.3, 0.4) is 0 Å². The van der Waals surface area contributed by atoms with E-state index in [1.165, 1.54) is 11.1 Å². The smallest absolute Gasteiger partial charge is 0.0592 e. The third-order valence-corrected chi connectivity index (χ3v) is 3.16. The van der Waals surface area contributed by atoms with Gasteiger partial charge in [-0.3, -0.25) is 0 Å². The van der Waals surface area contributed by atoms with Gasteiger partial charge in [0, 0.05) is 19.8 Å². The number of allylic oxidation sites excluding steroid dienone is 1.